The second kappa shape index (κ2) is 9.51. The van der Waals surface area contributed by atoms with Gasteiger partial charge in [0.25, 0.3) is 0 Å². The first-order chi connectivity index (χ1) is 11.9. The minimum absolute atomic E-state index is 0.0262. The number of aryl methyl sites for hydroxylation is 2. The third kappa shape index (κ3) is 5.67. The van der Waals surface area contributed by atoms with E-state index in [0.29, 0.717) is 21.6 Å². The number of hydrogen-bond acceptors (Lipinski definition) is 2. The molecule has 0 aliphatic rings. The van der Waals surface area contributed by atoms with Crippen molar-refractivity contribution >= 4 is 40.9 Å². The van der Waals surface area contributed by atoms with Crippen LogP contribution in [0, 0.1) is 13.8 Å². The number of hydrogen-bond donors (Lipinski definition) is 1. The molecule has 0 aliphatic carbocycles. The number of carbonyl (C=O) groups is 1. The molecule has 2 aromatic carbocycles. The molecule has 0 heterocycles. The van der Waals surface area contributed by atoms with Gasteiger partial charge in [0.15, 0.2) is 0 Å². The molecular formula is C20H23Cl2NOS. The van der Waals surface area contributed by atoms with Crippen molar-refractivity contribution < 1.29 is 4.79 Å². The average molecular weight is 396 g/mol. The Morgan fingerprint density at radius 2 is 1.80 bits per heavy atom. The largest absolute Gasteiger partial charge is 0.349 e. The molecule has 1 atom stereocenters. The van der Waals surface area contributed by atoms with Crippen LogP contribution in [0.2, 0.25) is 10.0 Å². The van der Waals surface area contributed by atoms with Crippen LogP contribution in [0.5, 0.6) is 0 Å². The first-order valence-electron chi connectivity index (χ1n) is 8.29. The minimum Gasteiger partial charge on any atom is -0.349 e. The molecule has 5 heteroatoms. The molecule has 0 radical (unpaired) electrons. The van der Waals surface area contributed by atoms with Gasteiger partial charge in [-0.15, -0.1) is 11.8 Å². The quantitative estimate of drug-likeness (QED) is 0.612. The maximum Gasteiger partial charge on any atom is 0.230 e. The molecule has 1 N–H and O–H groups in total. The molecule has 134 valence electrons. The Balaban J connectivity index is 1.91. The predicted molar refractivity (Wildman–Crippen MR) is 110 cm³/mol. The molecule has 0 spiro atoms. The Morgan fingerprint density at radius 3 is 2.40 bits per heavy atom. The van der Waals surface area contributed by atoms with E-state index in [2.05, 4.69) is 44.3 Å². The van der Waals surface area contributed by atoms with Gasteiger partial charge in [-0.3, -0.25) is 4.79 Å². The number of thioether (sulfide) groups is 1. The monoisotopic (exact) mass is 395 g/mol. The summed E-state index contributed by atoms with van der Waals surface area (Å²) in [7, 11) is 0. The summed E-state index contributed by atoms with van der Waals surface area (Å²) in [4.78, 5) is 12.3. The molecule has 2 nitrogen and oxygen atoms in total. The van der Waals surface area contributed by atoms with Crippen LogP contribution in [0.3, 0.4) is 0 Å². The highest BCUT2D eigenvalue weighted by molar-refractivity contribution is 7.99. The van der Waals surface area contributed by atoms with Crippen molar-refractivity contribution in [1.29, 1.82) is 0 Å². The Labute approximate surface area is 164 Å². The highest BCUT2D eigenvalue weighted by Crippen LogP contribution is 2.28. The number of benzene rings is 2. The van der Waals surface area contributed by atoms with Gasteiger partial charge in [0.1, 0.15) is 0 Å². The van der Waals surface area contributed by atoms with Crippen LogP contribution in [0.4, 0.5) is 0 Å². The maximum absolute atomic E-state index is 12.3. The standard InChI is InChI=1S/C20H23Cl2NOS/c1-4-19(15-9-8-13(2)14(3)10-15)23-20(24)12-25-11-16-17(21)6-5-7-18(16)22/h5-10,19H,4,11-12H2,1-3H3,(H,23,24)/t19-/m0/s1. The van der Waals surface area contributed by atoms with Gasteiger partial charge in [-0.25, -0.2) is 0 Å². The second-order valence-corrected chi connectivity index (χ2v) is 7.87. The van der Waals surface area contributed by atoms with Gasteiger partial charge >= 0.3 is 0 Å². The lowest BCUT2D eigenvalue weighted by atomic mass is 9.99. The normalized spacial score (nSPS) is 12.0. The van der Waals surface area contributed by atoms with Gasteiger partial charge in [-0.1, -0.05) is 54.4 Å². The molecule has 1 amide bonds. The van der Waals surface area contributed by atoms with Gasteiger partial charge in [-0.2, -0.15) is 0 Å². The summed E-state index contributed by atoms with van der Waals surface area (Å²) in [5.41, 5.74) is 4.54. The Bertz CT molecular complexity index is 728. The molecule has 0 bridgehead atoms. The smallest absolute Gasteiger partial charge is 0.230 e. The zero-order valence-corrected chi connectivity index (χ0v) is 17.1. The van der Waals surface area contributed by atoms with E-state index in [4.69, 9.17) is 23.2 Å². The van der Waals surface area contributed by atoms with Gasteiger partial charge in [0.05, 0.1) is 11.8 Å². The summed E-state index contributed by atoms with van der Waals surface area (Å²) in [5, 5.41) is 4.40. The van der Waals surface area contributed by atoms with Crippen molar-refractivity contribution in [2.75, 3.05) is 5.75 Å². The van der Waals surface area contributed by atoms with Gasteiger partial charge < -0.3 is 5.32 Å². The lowest BCUT2D eigenvalue weighted by molar-refractivity contribution is -0.119. The van der Waals surface area contributed by atoms with Crippen LogP contribution < -0.4 is 5.32 Å². The van der Waals surface area contributed by atoms with E-state index in [-0.39, 0.29) is 11.9 Å². The van der Waals surface area contributed by atoms with E-state index >= 15 is 0 Å². The van der Waals surface area contributed by atoms with E-state index in [9.17, 15) is 4.79 Å². The average Bonchev–Trinajstić information content (AvgIpc) is 2.58. The van der Waals surface area contributed by atoms with Crippen molar-refractivity contribution in [3.8, 4) is 0 Å². The fourth-order valence-electron chi connectivity index (χ4n) is 2.55. The zero-order chi connectivity index (χ0) is 18.4. The van der Waals surface area contributed by atoms with Crippen molar-refractivity contribution in [3.05, 3.63) is 68.7 Å². The van der Waals surface area contributed by atoms with Crippen molar-refractivity contribution in [1.82, 2.24) is 5.32 Å². The molecule has 2 aromatic rings. The summed E-state index contributed by atoms with van der Waals surface area (Å²) >= 11 is 13.8. The SMILES string of the molecule is CC[C@H](NC(=O)CSCc1c(Cl)cccc1Cl)c1ccc(C)c(C)c1. The molecule has 2 rings (SSSR count). The van der Waals surface area contributed by atoms with Crippen LogP contribution in [0.1, 0.15) is 41.6 Å². The topological polar surface area (TPSA) is 29.1 Å². The molecule has 25 heavy (non-hydrogen) atoms. The predicted octanol–water partition coefficient (Wildman–Crippen LogP) is 6.11. The number of amides is 1. The third-order valence-electron chi connectivity index (χ3n) is 4.22. The first-order valence-corrected chi connectivity index (χ1v) is 10.2. The van der Waals surface area contributed by atoms with Crippen LogP contribution in [-0.2, 0) is 10.5 Å². The third-order valence-corrected chi connectivity index (χ3v) is 5.89. The zero-order valence-electron chi connectivity index (χ0n) is 14.7. The Morgan fingerprint density at radius 1 is 1.12 bits per heavy atom. The lowest BCUT2D eigenvalue weighted by Gasteiger charge is -2.18. The van der Waals surface area contributed by atoms with Crippen LogP contribution in [-0.4, -0.2) is 11.7 Å². The van der Waals surface area contributed by atoms with Crippen molar-refractivity contribution in [2.45, 2.75) is 39.0 Å². The first kappa shape index (κ1) is 20.2. The molecule has 0 aliphatic heterocycles. The number of nitrogens with one attached hydrogen (secondary N) is 1. The maximum atomic E-state index is 12.3. The summed E-state index contributed by atoms with van der Waals surface area (Å²) in [6.45, 7) is 6.27. The number of carbonyl (C=O) groups excluding carboxylic acids is 1. The van der Waals surface area contributed by atoms with Crippen LogP contribution in [0.15, 0.2) is 36.4 Å². The molecule has 0 saturated carbocycles. The van der Waals surface area contributed by atoms with Crippen LogP contribution in [0.25, 0.3) is 0 Å². The molecule has 0 unspecified atom stereocenters. The van der Waals surface area contributed by atoms with Gasteiger partial charge in [0.2, 0.25) is 5.91 Å². The number of halogens is 2. The molecule has 0 fully saturated rings. The van der Waals surface area contributed by atoms with E-state index < -0.39 is 0 Å². The summed E-state index contributed by atoms with van der Waals surface area (Å²) in [5.74, 6) is 1.02. The second-order valence-electron chi connectivity index (χ2n) is 6.07. The highest BCUT2D eigenvalue weighted by Gasteiger charge is 2.14. The fraction of sp³-hybridized carbons (Fsp3) is 0.350. The highest BCUT2D eigenvalue weighted by atomic mass is 35.5. The summed E-state index contributed by atoms with van der Waals surface area (Å²) in [6.07, 6.45) is 0.856. The van der Waals surface area contributed by atoms with E-state index in [0.717, 1.165) is 17.5 Å². The van der Waals surface area contributed by atoms with E-state index in [1.54, 1.807) is 0 Å². The fourth-order valence-corrected chi connectivity index (χ4v) is 4.13. The number of rotatable bonds is 7. The summed E-state index contributed by atoms with van der Waals surface area (Å²) < 4.78 is 0. The van der Waals surface area contributed by atoms with E-state index in [1.165, 1.54) is 22.9 Å². The minimum atomic E-state index is 0.0262. The van der Waals surface area contributed by atoms with Crippen LogP contribution >= 0.6 is 35.0 Å². The lowest BCUT2D eigenvalue weighted by Crippen LogP contribution is -2.29. The van der Waals surface area contributed by atoms with Gasteiger partial charge in [0, 0.05) is 15.8 Å². The Hall–Kier alpha value is -1.16. The molecular weight excluding hydrogens is 373 g/mol. The van der Waals surface area contributed by atoms with Gasteiger partial charge in [-0.05, 0) is 54.7 Å². The Kier molecular flexibility index (Phi) is 7.67. The van der Waals surface area contributed by atoms with Crippen molar-refractivity contribution in [2.24, 2.45) is 0 Å². The van der Waals surface area contributed by atoms with E-state index in [1.807, 2.05) is 18.2 Å². The summed E-state index contributed by atoms with van der Waals surface area (Å²) in [6, 6.07) is 11.8. The molecule has 0 saturated heterocycles. The van der Waals surface area contributed by atoms with Crippen molar-refractivity contribution in [3.63, 3.8) is 0 Å². The molecule has 0 aromatic heterocycles.